The number of carbonyl (C=O) groups excluding carboxylic acids is 1. The Morgan fingerprint density at radius 3 is 3.09 bits per heavy atom. The number of hydrogen-bond donors (Lipinski definition) is 1. The number of nitrogens with one attached hydrogen (secondary N) is 1. The van der Waals surface area contributed by atoms with Gasteiger partial charge in [-0.1, -0.05) is 17.8 Å². The topological polar surface area (TPSA) is 72.0 Å². The van der Waals surface area contributed by atoms with Crippen molar-refractivity contribution in [1.29, 1.82) is 0 Å². The van der Waals surface area contributed by atoms with Gasteiger partial charge in [-0.05, 0) is 38.2 Å². The van der Waals surface area contributed by atoms with E-state index in [1.54, 1.807) is 24.3 Å². The molecule has 1 aliphatic rings. The summed E-state index contributed by atoms with van der Waals surface area (Å²) in [6.45, 7) is 2.13. The first-order valence-corrected chi connectivity index (χ1v) is 9.50. The molecule has 7 heteroatoms. The monoisotopic (exact) mass is 350 g/mol. The number of aryl methyl sites for hydroxylation is 2. The Balaban J connectivity index is 1.75. The molecular weight excluding hydrogens is 332 g/mol. The number of rotatable bonds is 5. The van der Waals surface area contributed by atoms with Gasteiger partial charge in [0.05, 0.1) is 12.0 Å². The fourth-order valence-corrected chi connectivity index (χ4v) is 4.67. The predicted octanol–water partition coefficient (Wildman–Crippen LogP) is 3.07. The van der Waals surface area contributed by atoms with E-state index in [1.165, 1.54) is 34.7 Å². The minimum Gasteiger partial charge on any atom is -0.463 e. The van der Waals surface area contributed by atoms with Crippen molar-refractivity contribution >= 4 is 39.3 Å². The van der Waals surface area contributed by atoms with E-state index in [9.17, 15) is 9.59 Å². The lowest BCUT2D eigenvalue weighted by Gasteiger charge is -2.09. The lowest BCUT2D eigenvalue weighted by molar-refractivity contribution is -0.137. The minimum atomic E-state index is -0.351. The number of ether oxygens (including phenoxy) is 1. The Hall–Kier alpha value is -1.60. The standard InChI is InChI=1S/C16H18N2O3S2/c1-2-21-12(19)8-5-9-22-16-17-14(20)13-10-6-3-4-7-11(10)23-15(13)18-16/h5,8H,2-4,6-7,9H2,1H3,(H,17,18,20)/b8-5+. The number of H-pyrrole nitrogens is 1. The third-order valence-corrected chi connectivity index (χ3v) is 5.67. The number of aromatic nitrogens is 2. The van der Waals surface area contributed by atoms with E-state index in [0.717, 1.165) is 29.5 Å². The summed E-state index contributed by atoms with van der Waals surface area (Å²) in [4.78, 5) is 33.1. The van der Waals surface area contributed by atoms with Gasteiger partial charge in [0.25, 0.3) is 5.56 Å². The maximum Gasteiger partial charge on any atom is 0.330 e. The quantitative estimate of drug-likeness (QED) is 0.388. The lowest BCUT2D eigenvalue weighted by Crippen LogP contribution is -2.10. The van der Waals surface area contributed by atoms with E-state index in [1.807, 2.05) is 0 Å². The predicted molar refractivity (Wildman–Crippen MR) is 93.4 cm³/mol. The highest BCUT2D eigenvalue weighted by atomic mass is 32.2. The van der Waals surface area contributed by atoms with Crippen LogP contribution in [0.2, 0.25) is 0 Å². The fraction of sp³-hybridized carbons (Fsp3) is 0.438. The van der Waals surface area contributed by atoms with Gasteiger partial charge in [-0.2, -0.15) is 0 Å². The molecule has 0 saturated heterocycles. The van der Waals surface area contributed by atoms with Gasteiger partial charge >= 0.3 is 5.97 Å². The summed E-state index contributed by atoms with van der Waals surface area (Å²) >= 11 is 3.04. The third-order valence-electron chi connectivity index (χ3n) is 3.66. The number of thiophene rings is 1. The average Bonchev–Trinajstić information content (AvgIpc) is 2.90. The van der Waals surface area contributed by atoms with Gasteiger partial charge in [-0.3, -0.25) is 4.79 Å². The van der Waals surface area contributed by atoms with Crippen LogP contribution in [0.3, 0.4) is 0 Å². The molecule has 5 nitrogen and oxygen atoms in total. The van der Waals surface area contributed by atoms with Gasteiger partial charge in [0.15, 0.2) is 5.16 Å². The third kappa shape index (κ3) is 3.67. The smallest absolute Gasteiger partial charge is 0.330 e. The van der Waals surface area contributed by atoms with Crippen molar-refractivity contribution in [3.05, 3.63) is 32.9 Å². The number of thioether (sulfide) groups is 1. The first kappa shape index (κ1) is 16.3. The van der Waals surface area contributed by atoms with Crippen molar-refractivity contribution in [2.45, 2.75) is 37.8 Å². The first-order chi connectivity index (χ1) is 11.2. The molecule has 1 aliphatic carbocycles. The molecule has 0 saturated carbocycles. The lowest BCUT2D eigenvalue weighted by atomic mass is 9.97. The molecule has 0 radical (unpaired) electrons. The average molecular weight is 350 g/mol. The SMILES string of the molecule is CCOC(=O)/C=C/CSc1nc2sc3c(c2c(=O)[nH]1)CCCC3. The highest BCUT2D eigenvalue weighted by Crippen LogP contribution is 2.34. The number of esters is 1. The van der Waals surface area contributed by atoms with E-state index in [0.29, 0.717) is 17.5 Å². The second kappa shape index (κ2) is 7.31. The van der Waals surface area contributed by atoms with Crippen LogP contribution < -0.4 is 5.56 Å². The highest BCUT2D eigenvalue weighted by Gasteiger charge is 2.19. The van der Waals surface area contributed by atoms with Gasteiger partial charge in [0.2, 0.25) is 0 Å². The summed E-state index contributed by atoms with van der Waals surface area (Å²) in [5.74, 6) is 0.203. The van der Waals surface area contributed by atoms with E-state index < -0.39 is 0 Å². The summed E-state index contributed by atoms with van der Waals surface area (Å²) in [6, 6.07) is 0. The van der Waals surface area contributed by atoms with Crippen LogP contribution in [0.4, 0.5) is 0 Å². The highest BCUT2D eigenvalue weighted by molar-refractivity contribution is 7.99. The molecule has 1 N–H and O–H groups in total. The molecule has 3 rings (SSSR count). The Labute approximate surface area is 142 Å². The number of aromatic amines is 1. The second-order valence-electron chi connectivity index (χ2n) is 5.23. The van der Waals surface area contributed by atoms with Gasteiger partial charge in [0.1, 0.15) is 4.83 Å². The molecule has 2 aromatic rings. The number of fused-ring (bicyclic) bond motifs is 3. The van der Waals surface area contributed by atoms with Crippen LogP contribution >= 0.6 is 23.1 Å². The molecule has 0 aromatic carbocycles. The zero-order chi connectivity index (χ0) is 16.2. The van der Waals surface area contributed by atoms with Gasteiger partial charge in [-0.25, -0.2) is 9.78 Å². The van der Waals surface area contributed by atoms with Crippen molar-refractivity contribution in [1.82, 2.24) is 9.97 Å². The Bertz CT molecular complexity index is 807. The normalized spacial score (nSPS) is 14.3. The minimum absolute atomic E-state index is 0.0497. The molecule has 2 aromatic heterocycles. The Kier molecular flexibility index (Phi) is 5.17. The summed E-state index contributed by atoms with van der Waals surface area (Å²) < 4.78 is 4.81. The van der Waals surface area contributed by atoms with Gasteiger partial charge < -0.3 is 9.72 Å². The van der Waals surface area contributed by atoms with Crippen LogP contribution in [0.5, 0.6) is 0 Å². The molecule has 0 atom stereocenters. The van der Waals surface area contributed by atoms with Crippen LogP contribution in [0.15, 0.2) is 22.1 Å². The summed E-state index contributed by atoms with van der Waals surface area (Å²) in [5.41, 5.74) is 1.15. The van der Waals surface area contributed by atoms with Gasteiger partial charge in [-0.15, -0.1) is 11.3 Å². The van der Waals surface area contributed by atoms with Crippen LogP contribution in [-0.4, -0.2) is 28.3 Å². The van der Waals surface area contributed by atoms with Crippen LogP contribution in [0, 0.1) is 0 Å². The summed E-state index contributed by atoms with van der Waals surface area (Å²) in [6.07, 6.45) is 7.49. The molecule has 0 amide bonds. The molecule has 0 unspecified atom stereocenters. The molecular formula is C16H18N2O3S2. The van der Waals surface area contributed by atoms with Gasteiger partial charge in [0, 0.05) is 16.7 Å². The molecule has 122 valence electrons. The Morgan fingerprint density at radius 1 is 1.43 bits per heavy atom. The second-order valence-corrected chi connectivity index (χ2v) is 7.32. The van der Waals surface area contributed by atoms with Crippen molar-refractivity contribution in [3.8, 4) is 0 Å². The first-order valence-electron chi connectivity index (χ1n) is 7.69. The fourth-order valence-electron chi connectivity index (χ4n) is 2.67. The van der Waals surface area contributed by atoms with Crippen LogP contribution in [0.25, 0.3) is 10.2 Å². The number of nitrogens with zero attached hydrogens (tertiary/aromatic N) is 1. The van der Waals surface area contributed by atoms with E-state index >= 15 is 0 Å². The zero-order valence-corrected chi connectivity index (χ0v) is 14.5. The largest absolute Gasteiger partial charge is 0.463 e. The Morgan fingerprint density at radius 2 is 2.26 bits per heavy atom. The maximum absolute atomic E-state index is 12.4. The van der Waals surface area contributed by atoms with Crippen LogP contribution in [-0.2, 0) is 22.4 Å². The van der Waals surface area contributed by atoms with E-state index in [4.69, 9.17) is 4.74 Å². The van der Waals surface area contributed by atoms with E-state index in [2.05, 4.69) is 9.97 Å². The summed E-state index contributed by atoms with van der Waals surface area (Å²) in [7, 11) is 0. The van der Waals surface area contributed by atoms with Crippen LogP contribution in [0.1, 0.15) is 30.2 Å². The van der Waals surface area contributed by atoms with Crippen molar-refractivity contribution < 1.29 is 9.53 Å². The number of hydrogen-bond acceptors (Lipinski definition) is 6. The molecule has 0 bridgehead atoms. The molecule has 2 heterocycles. The zero-order valence-electron chi connectivity index (χ0n) is 12.9. The molecule has 0 fully saturated rings. The molecule has 0 spiro atoms. The van der Waals surface area contributed by atoms with E-state index in [-0.39, 0.29) is 11.5 Å². The van der Waals surface area contributed by atoms with Crippen molar-refractivity contribution in [2.24, 2.45) is 0 Å². The number of carbonyl (C=O) groups is 1. The van der Waals surface area contributed by atoms with Crippen molar-refractivity contribution in [3.63, 3.8) is 0 Å². The molecule has 23 heavy (non-hydrogen) atoms. The van der Waals surface area contributed by atoms with Crippen molar-refractivity contribution in [2.75, 3.05) is 12.4 Å². The summed E-state index contributed by atoms with van der Waals surface area (Å²) in [5, 5.41) is 1.37. The maximum atomic E-state index is 12.4. The molecule has 0 aliphatic heterocycles.